The number of carbonyl (C=O) groups excluding carboxylic acids is 1. The van der Waals surface area contributed by atoms with Gasteiger partial charge in [-0.1, -0.05) is 11.6 Å². The van der Waals surface area contributed by atoms with Gasteiger partial charge in [0.1, 0.15) is 6.54 Å². The Balaban J connectivity index is 2.03. The molecule has 0 aliphatic heterocycles. The minimum atomic E-state index is -0.117. The van der Waals surface area contributed by atoms with Crippen LogP contribution in [-0.2, 0) is 11.3 Å². The van der Waals surface area contributed by atoms with Crippen LogP contribution in [0.25, 0.3) is 0 Å². The lowest BCUT2D eigenvalue weighted by atomic mass is 10.3. The van der Waals surface area contributed by atoms with Crippen LogP contribution in [0.1, 0.15) is 0 Å². The monoisotopic (exact) mass is 361 g/mol. The molecule has 2 rings (SSSR count). The van der Waals surface area contributed by atoms with Crippen LogP contribution >= 0.6 is 34.2 Å². The lowest BCUT2D eigenvalue weighted by molar-refractivity contribution is -0.116. The van der Waals surface area contributed by atoms with Gasteiger partial charge in [0.15, 0.2) is 0 Å². The molecule has 1 heterocycles. The second kappa shape index (κ2) is 5.50. The van der Waals surface area contributed by atoms with E-state index in [9.17, 15) is 4.79 Å². The van der Waals surface area contributed by atoms with Gasteiger partial charge < -0.3 is 5.32 Å². The first kappa shape index (κ1) is 12.4. The molecule has 1 N–H and O–H groups in total. The summed E-state index contributed by atoms with van der Waals surface area (Å²) in [7, 11) is 0. The van der Waals surface area contributed by atoms with Crippen molar-refractivity contribution in [3.63, 3.8) is 0 Å². The number of rotatable bonds is 3. The first-order valence-corrected chi connectivity index (χ1v) is 6.33. The molecule has 1 aromatic carbocycles. The SMILES string of the molecule is O=C(Cn1cccn1)Nc1ccc(Cl)cc1I. The van der Waals surface area contributed by atoms with Gasteiger partial charge in [0.2, 0.25) is 5.91 Å². The summed E-state index contributed by atoms with van der Waals surface area (Å²) in [6.45, 7) is 0.200. The van der Waals surface area contributed by atoms with Gasteiger partial charge in [0.05, 0.1) is 5.69 Å². The van der Waals surface area contributed by atoms with E-state index in [1.165, 1.54) is 0 Å². The van der Waals surface area contributed by atoms with Crippen LogP contribution in [0.2, 0.25) is 5.02 Å². The molecule has 17 heavy (non-hydrogen) atoms. The lowest BCUT2D eigenvalue weighted by Gasteiger charge is -2.07. The van der Waals surface area contributed by atoms with Crippen molar-refractivity contribution in [2.45, 2.75) is 6.54 Å². The minimum Gasteiger partial charge on any atom is -0.324 e. The van der Waals surface area contributed by atoms with E-state index in [2.05, 4.69) is 33.0 Å². The number of nitrogens with zero attached hydrogens (tertiary/aromatic N) is 2. The zero-order valence-corrected chi connectivity index (χ0v) is 11.6. The number of anilines is 1. The van der Waals surface area contributed by atoms with E-state index in [4.69, 9.17) is 11.6 Å². The average molecular weight is 362 g/mol. The fraction of sp³-hybridized carbons (Fsp3) is 0.0909. The highest BCUT2D eigenvalue weighted by Crippen LogP contribution is 2.22. The molecule has 0 radical (unpaired) electrons. The van der Waals surface area contributed by atoms with Crippen molar-refractivity contribution >= 4 is 45.8 Å². The number of amides is 1. The Kier molecular flexibility index (Phi) is 4.01. The maximum absolute atomic E-state index is 11.7. The number of hydrogen-bond donors (Lipinski definition) is 1. The predicted molar refractivity (Wildman–Crippen MR) is 75.0 cm³/mol. The third-order valence-corrected chi connectivity index (χ3v) is 3.20. The highest BCUT2D eigenvalue weighted by Gasteiger charge is 2.06. The molecule has 6 heteroatoms. The van der Waals surface area contributed by atoms with E-state index < -0.39 is 0 Å². The van der Waals surface area contributed by atoms with Gasteiger partial charge in [0.25, 0.3) is 0 Å². The third-order valence-electron chi connectivity index (χ3n) is 2.07. The minimum absolute atomic E-state index is 0.117. The number of nitrogens with one attached hydrogen (secondary N) is 1. The van der Waals surface area contributed by atoms with Crippen LogP contribution in [0.4, 0.5) is 5.69 Å². The standard InChI is InChI=1S/C11H9ClIN3O/c12-8-2-3-10(9(13)6-8)15-11(17)7-16-5-1-4-14-16/h1-6H,7H2,(H,15,17). The fourth-order valence-corrected chi connectivity index (χ4v) is 2.33. The van der Waals surface area contributed by atoms with Gasteiger partial charge in [-0.15, -0.1) is 0 Å². The molecule has 0 aliphatic carbocycles. The molecule has 1 aromatic heterocycles. The normalized spacial score (nSPS) is 10.2. The van der Waals surface area contributed by atoms with E-state index >= 15 is 0 Å². The lowest BCUT2D eigenvalue weighted by Crippen LogP contribution is -2.19. The summed E-state index contributed by atoms with van der Waals surface area (Å²) >= 11 is 7.96. The Labute approximate surface area is 117 Å². The summed E-state index contributed by atoms with van der Waals surface area (Å²) in [6, 6.07) is 7.10. The summed E-state index contributed by atoms with van der Waals surface area (Å²) in [5.74, 6) is -0.117. The Morgan fingerprint density at radius 2 is 2.35 bits per heavy atom. The topological polar surface area (TPSA) is 46.9 Å². The fourth-order valence-electron chi connectivity index (χ4n) is 1.32. The van der Waals surface area contributed by atoms with Gasteiger partial charge in [-0.25, -0.2) is 0 Å². The van der Waals surface area contributed by atoms with E-state index in [1.54, 1.807) is 41.3 Å². The van der Waals surface area contributed by atoms with Crippen LogP contribution in [0, 0.1) is 3.57 Å². The number of benzene rings is 1. The predicted octanol–water partition coefficient (Wildman–Crippen LogP) is 2.78. The van der Waals surface area contributed by atoms with Gasteiger partial charge >= 0.3 is 0 Å². The Morgan fingerprint density at radius 1 is 1.53 bits per heavy atom. The van der Waals surface area contributed by atoms with Crippen LogP contribution in [0.15, 0.2) is 36.7 Å². The molecule has 4 nitrogen and oxygen atoms in total. The second-order valence-corrected chi connectivity index (χ2v) is 4.97. The number of aromatic nitrogens is 2. The van der Waals surface area contributed by atoms with Crippen LogP contribution in [0.3, 0.4) is 0 Å². The van der Waals surface area contributed by atoms with E-state index in [0.717, 1.165) is 9.26 Å². The smallest absolute Gasteiger partial charge is 0.246 e. The first-order valence-electron chi connectivity index (χ1n) is 4.87. The Hall–Kier alpha value is -1.08. The summed E-state index contributed by atoms with van der Waals surface area (Å²) in [5, 5.41) is 7.43. The highest BCUT2D eigenvalue weighted by atomic mass is 127. The molecular weight excluding hydrogens is 352 g/mol. The van der Waals surface area contributed by atoms with Crippen LogP contribution in [0.5, 0.6) is 0 Å². The molecule has 0 saturated heterocycles. The van der Waals surface area contributed by atoms with Crippen molar-refractivity contribution in [3.05, 3.63) is 45.3 Å². The summed E-state index contributed by atoms with van der Waals surface area (Å²) in [4.78, 5) is 11.7. The highest BCUT2D eigenvalue weighted by molar-refractivity contribution is 14.1. The molecule has 0 aliphatic rings. The van der Waals surface area contributed by atoms with Crippen molar-refractivity contribution < 1.29 is 4.79 Å². The molecule has 2 aromatic rings. The molecule has 0 atom stereocenters. The van der Waals surface area contributed by atoms with Crippen LogP contribution < -0.4 is 5.32 Å². The van der Waals surface area contributed by atoms with E-state index in [0.29, 0.717) is 5.02 Å². The first-order chi connectivity index (χ1) is 8.15. The molecule has 88 valence electrons. The van der Waals surface area contributed by atoms with Gasteiger partial charge in [-0.3, -0.25) is 9.48 Å². The summed E-state index contributed by atoms with van der Waals surface area (Å²) < 4.78 is 2.47. The maximum Gasteiger partial charge on any atom is 0.246 e. The molecule has 0 fully saturated rings. The molecule has 0 unspecified atom stereocenters. The number of carbonyl (C=O) groups is 1. The molecular formula is C11H9ClIN3O. The van der Waals surface area contributed by atoms with Gasteiger partial charge in [-0.2, -0.15) is 5.10 Å². The maximum atomic E-state index is 11.7. The van der Waals surface area contributed by atoms with Crippen molar-refractivity contribution in [2.75, 3.05) is 5.32 Å². The Bertz CT molecular complexity index is 528. The van der Waals surface area contributed by atoms with Crippen molar-refractivity contribution in [2.24, 2.45) is 0 Å². The molecule has 0 spiro atoms. The number of halogens is 2. The molecule has 1 amide bonds. The Morgan fingerprint density at radius 3 is 3.00 bits per heavy atom. The van der Waals surface area contributed by atoms with Crippen LogP contribution in [-0.4, -0.2) is 15.7 Å². The third kappa shape index (κ3) is 3.44. The quantitative estimate of drug-likeness (QED) is 0.855. The summed E-state index contributed by atoms with van der Waals surface area (Å²) in [6.07, 6.45) is 3.38. The zero-order chi connectivity index (χ0) is 12.3. The van der Waals surface area contributed by atoms with Gasteiger partial charge in [0, 0.05) is 21.0 Å². The molecule has 0 bridgehead atoms. The van der Waals surface area contributed by atoms with E-state index in [1.807, 2.05) is 0 Å². The van der Waals surface area contributed by atoms with Crippen molar-refractivity contribution in [1.29, 1.82) is 0 Å². The zero-order valence-electron chi connectivity index (χ0n) is 8.73. The average Bonchev–Trinajstić information content (AvgIpc) is 2.75. The number of hydrogen-bond acceptors (Lipinski definition) is 2. The van der Waals surface area contributed by atoms with Crippen molar-refractivity contribution in [1.82, 2.24) is 9.78 Å². The van der Waals surface area contributed by atoms with Gasteiger partial charge in [-0.05, 0) is 46.9 Å². The largest absolute Gasteiger partial charge is 0.324 e. The molecule has 0 saturated carbocycles. The van der Waals surface area contributed by atoms with E-state index in [-0.39, 0.29) is 12.5 Å². The van der Waals surface area contributed by atoms with Crippen molar-refractivity contribution in [3.8, 4) is 0 Å². The second-order valence-electron chi connectivity index (χ2n) is 3.38. The summed E-state index contributed by atoms with van der Waals surface area (Å²) in [5.41, 5.74) is 0.757.